The quantitative estimate of drug-likeness (QED) is 0.345. The van der Waals surface area contributed by atoms with Crippen LogP contribution in [0.2, 0.25) is 0 Å². The first-order valence-electron chi connectivity index (χ1n) is 11.2. The molecule has 0 aliphatic carbocycles. The Hall–Kier alpha value is -3.84. The number of hydrogen-bond acceptors (Lipinski definition) is 7. The summed E-state index contributed by atoms with van der Waals surface area (Å²) in [6.45, 7) is 3.05. The maximum absolute atomic E-state index is 13.1. The molecule has 0 unspecified atom stereocenters. The number of carbonyl (C=O) groups excluding carboxylic acids is 3. The molecule has 2 aliphatic rings. The van der Waals surface area contributed by atoms with E-state index in [2.05, 4.69) is 5.32 Å². The molecule has 36 heavy (non-hydrogen) atoms. The summed E-state index contributed by atoms with van der Waals surface area (Å²) < 4.78 is 27.0. The Kier molecular flexibility index (Phi) is 6.54. The van der Waals surface area contributed by atoms with E-state index in [1.807, 2.05) is 19.1 Å². The molecule has 12 nitrogen and oxygen atoms in total. The Labute approximate surface area is 207 Å². The number of sulfonamides is 1. The topological polar surface area (TPSA) is 150 Å². The lowest BCUT2D eigenvalue weighted by atomic mass is 9.91. The van der Waals surface area contributed by atoms with Gasteiger partial charge in [0.15, 0.2) is 0 Å². The first-order valence-corrected chi connectivity index (χ1v) is 12.6. The summed E-state index contributed by atoms with van der Waals surface area (Å²) in [5.74, 6) is -1.03. The molecule has 1 N–H and O–H groups in total. The van der Waals surface area contributed by atoms with Crippen LogP contribution in [-0.4, -0.2) is 78.0 Å². The molecular formula is C23H25N5O7S. The lowest BCUT2D eigenvalue weighted by Gasteiger charge is -2.34. The largest absolute Gasteiger partial charge is 0.338 e. The summed E-state index contributed by atoms with van der Waals surface area (Å²) in [6, 6.07) is 11.3. The van der Waals surface area contributed by atoms with Crippen LogP contribution in [0, 0.1) is 17.0 Å². The van der Waals surface area contributed by atoms with E-state index < -0.39 is 44.9 Å². The fraction of sp³-hybridized carbons (Fsp3) is 0.348. The van der Waals surface area contributed by atoms with Crippen molar-refractivity contribution < 1.29 is 27.7 Å². The number of piperazine rings is 1. The van der Waals surface area contributed by atoms with E-state index in [9.17, 15) is 32.9 Å². The average Bonchev–Trinajstić information content (AvgIpc) is 3.08. The maximum atomic E-state index is 13.1. The number of urea groups is 1. The molecule has 0 bridgehead atoms. The summed E-state index contributed by atoms with van der Waals surface area (Å²) in [5, 5.41) is 13.7. The Morgan fingerprint density at radius 3 is 2.33 bits per heavy atom. The fourth-order valence-electron chi connectivity index (χ4n) is 4.24. The lowest BCUT2D eigenvalue weighted by molar-refractivity contribution is -0.385. The number of rotatable bonds is 6. The van der Waals surface area contributed by atoms with E-state index in [-0.39, 0.29) is 36.8 Å². The average molecular weight is 516 g/mol. The molecule has 1 atom stereocenters. The van der Waals surface area contributed by atoms with Gasteiger partial charge in [-0.1, -0.05) is 35.9 Å². The molecule has 0 spiro atoms. The van der Waals surface area contributed by atoms with Gasteiger partial charge in [0.25, 0.3) is 11.6 Å². The number of hydrogen-bond donors (Lipinski definition) is 1. The number of carbonyl (C=O) groups is 3. The summed E-state index contributed by atoms with van der Waals surface area (Å²) in [4.78, 5) is 50.9. The zero-order valence-corrected chi connectivity index (χ0v) is 20.5. The number of aryl methyl sites for hydroxylation is 1. The van der Waals surface area contributed by atoms with Crippen molar-refractivity contribution in [3.05, 3.63) is 69.8 Å². The van der Waals surface area contributed by atoms with Crippen molar-refractivity contribution in [2.24, 2.45) is 0 Å². The number of non-ortho nitro benzene ring substituents is 1. The third-order valence-corrected chi connectivity index (χ3v) is 8.35. The van der Waals surface area contributed by atoms with Crippen LogP contribution < -0.4 is 5.32 Å². The number of benzene rings is 2. The van der Waals surface area contributed by atoms with Crippen molar-refractivity contribution in [3.8, 4) is 0 Å². The number of nitrogens with zero attached hydrogens (tertiary/aromatic N) is 4. The monoisotopic (exact) mass is 515 g/mol. The van der Waals surface area contributed by atoms with E-state index in [0.29, 0.717) is 5.56 Å². The molecule has 0 aromatic heterocycles. The van der Waals surface area contributed by atoms with Gasteiger partial charge in [-0.3, -0.25) is 24.6 Å². The van der Waals surface area contributed by atoms with Crippen molar-refractivity contribution in [2.75, 3.05) is 32.7 Å². The minimum Gasteiger partial charge on any atom is -0.338 e. The van der Waals surface area contributed by atoms with E-state index in [0.717, 1.165) is 20.8 Å². The highest BCUT2D eigenvalue weighted by molar-refractivity contribution is 7.89. The first kappa shape index (κ1) is 25.3. The predicted octanol–water partition coefficient (Wildman–Crippen LogP) is 1.20. The summed E-state index contributed by atoms with van der Waals surface area (Å²) in [7, 11) is -3.99. The van der Waals surface area contributed by atoms with Gasteiger partial charge in [-0.05, 0) is 25.5 Å². The zero-order valence-electron chi connectivity index (χ0n) is 19.7. The van der Waals surface area contributed by atoms with Crippen LogP contribution in [-0.2, 0) is 25.2 Å². The molecule has 190 valence electrons. The standard InChI is InChI=1S/C23H25N5O7S/c1-16-6-8-17(9-7-16)23(2)21(30)27(22(31)24-23)15-20(29)25-10-12-26(13-11-25)36(34,35)19-5-3-4-18(14-19)28(32)33/h3-9,14H,10-13,15H2,1-2H3,(H,24,31)/t23-/m1/s1. The molecule has 0 saturated carbocycles. The van der Waals surface area contributed by atoms with Gasteiger partial charge in [0.05, 0.1) is 9.82 Å². The summed E-state index contributed by atoms with van der Waals surface area (Å²) in [5.41, 5.74) is -0.0360. The normalized spacial score (nSPS) is 20.9. The van der Waals surface area contributed by atoms with Crippen LogP contribution in [0.25, 0.3) is 0 Å². The third-order valence-electron chi connectivity index (χ3n) is 6.45. The Morgan fingerprint density at radius 2 is 1.72 bits per heavy atom. The number of nitrogens with one attached hydrogen (secondary N) is 1. The zero-order chi connectivity index (χ0) is 26.3. The number of imide groups is 1. The van der Waals surface area contributed by atoms with Gasteiger partial charge in [-0.25, -0.2) is 13.2 Å². The highest BCUT2D eigenvalue weighted by Gasteiger charge is 2.49. The lowest BCUT2D eigenvalue weighted by Crippen LogP contribution is -2.53. The highest BCUT2D eigenvalue weighted by Crippen LogP contribution is 2.29. The van der Waals surface area contributed by atoms with Crippen molar-refractivity contribution in [1.29, 1.82) is 0 Å². The van der Waals surface area contributed by atoms with Gasteiger partial charge < -0.3 is 10.2 Å². The van der Waals surface area contributed by atoms with Crippen LogP contribution in [0.5, 0.6) is 0 Å². The van der Waals surface area contributed by atoms with E-state index in [1.165, 1.54) is 23.1 Å². The van der Waals surface area contributed by atoms with E-state index in [4.69, 9.17) is 0 Å². The number of nitro groups is 1. The molecule has 2 aromatic carbocycles. The minimum atomic E-state index is -3.99. The SMILES string of the molecule is Cc1ccc([C@@]2(C)NC(=O)N(CC(=O)N3CCN(S(=O)(=O)c4cccc([N+](=O)[O-])c4)CC3)C2=O)cc1. The molecule has 2 heterocycles. The van der Waals surface area contributed by atoms with Crippen LogP contribution >= 0.6 is 0 Å². The van der Waals surface area contributed by atoms with Gasteiger partial charge in [0, 0.05) is 38.3 Å². The summed E-state index contributed by atoms with van der Waals surface area (Å²) in [6.07, 6.45) is 0. The summed E-state index contributed by atoms with van der Waals surface area (Å²) >= 11 is 0. The molecule has 2 aliphatic heterocycles. The molecule has 2 saturated heterocycles. The first-order chi connectivity index (χ1) is 16.9. The van der Waals surface area contributed by atoms with Gasteiger partial charge in [-0.2, -0.15) is 4.31 Å². The Balaban J connectivity index is 1.40. The van der Waals surface area contributed by atoms with Crippen molar-refractivity contribution in [1.82, 2.24) is 19.4 Å². The third kappa shape index (κ3) is 4.54. The molecule has 4 rings (SSSR count). The van der Waals surface area contributed by atoms with E-state index >= 15 is 0 Å². The van der Waals surface area contributed by atoms with Crippen LogP contribution in [0.3, 0.4) is 0 Å². The van der Waals surface area contributed by atoms with Crippen LogP contribution in [0.15, 0.2) is 53.4 Å². The van der Waals surface area contributed by atoms with Gasteiger partial charge in [0.1, 0.15) is 12.1 Å². The fourth-order valence-corrected chi connectivity index (χ4v) is 5.71. The highest BCUT2D eigenvalue weighted by atomic mass is 32.2. The second-order valence-electron chi connectivity index (χ2n) is 8.85. The Morgan fingerprint density at radius 1 is 1.08 bits per heavy atom. The molecule has 4 amide bonds. The maximum Gasteiger partial charge on any atom is 0.325 e. The minimum absolute atomic E-state index is 0.0298. The Bertz CT molecular complexity index is 1340. The predicted molar refractivity (Wildman–Crippen MR) is 127 cm³/mol. The second-order valence-corrected chi connectivity index (χ2v) is 10.8. The van der Waals surface area contributed by atoms with Crippen molar-refractivity contribution in [3.63, 3.8) is 0 Å². The number of nitro benzene ring substituents is 1. The smallest absolute Gasteiger partial charge is 0.325 e. The molecule has 13 heteroatoms. The van der Waals surface area contributed by atoms with Crippen LogP contribution in [0.4, 0.5) is 10.5 Å². The van der Waals surface area contributed by atoms with Crippen molar-refractivity contribution in [2.45, 2.75) is 24.3 Å². The molecule has 2 aromatic rings. The van der Waals surface area contributed by atoms with Crippen LogP contribution in [0.1, 0.15) is 18.1 Å². The van der Waals surface area contributed by atoms with Gasteiger partial charge in [-0.15, -0.1) is 0 Å². The van der Waals surface area contributed by atoms with Gasteiger partial charge >= 0.3 is 6.03 Å². The molecule has 2 fully saturated rings. The number of amides is 4. The van der Waals surface area contributed by atoms with E-state index in [1.54, 1.807) is 19.1 Å². The molecular weight excluding hydrogens is 490 g/mol. The molecule has 0 radical (unpaired) electrons. The van der Waals surface area contributed by atoms with Crippen molar-refractivity contribution >= 4 is 33.6 Å². The second kappa shape index (κ2) is 9.32. The van der Waals surface area contributed by atoms with Gasteiger partial charge in [0.2, 0.25) is 15.9 Å².